The number of carbonyl (C=O) groups excluding carboxylic acids is 1. The number of aromatic nitrogens is 1. The Bertz CT molecular complexity index is 383. The number of ether oxygens (including phenoxy) is 1. The predicted octanol–water partition coefficient (Wildman–Crippen LogP) is 1.65. The molecule has 1 aromatic rings. The van der Waals surface area contributed by atoms with Gasteiger partial charge in [-0.3, -0.25) is 0 Å². The Morgan fingerprint density at radius 1 is 1.56 bits per heavy atom. The summed E-state index contributed by atoms with van der Waals surface area (Å²) in [5, 5.41) is 0. The van der Waals surface area contributed by atoms with Crippen LogP contribution in [0, 0.1) is 0 Å². The first kappa shape index (κ1) is 12.5. The number of pyridine rings is 1. The van der Waals surface area contributed by atoms with Gasteiger partial charge in [0, 0.05) is 6.54 Å². The zero-order valence-corrected chi connectivity index (χ0v) is 8.74. The Hall–Kier alpha value is -1.56. The molecule has 0 unspecified atom stereocenters. The molecule has 0 amide bonds. The van der Waals surface area contributed by atoms with Crippen LogP contribution in [0.15, 0.2) is 12.1 Å². The third-order valence-corrected chi connectivity index (χ3v) is 1.85. The highest BCUT2D eigenvalue weighted by atomic mass is 19.3. The van der Waals surface area contributed by atoms with Gasteiger partial charge in [0.1, 0.15) is 11.4 Å². The second-order valence-electron chi connectivity index (χ2n) is 3.01. The fourth-order valence-corrected chi connectivity index (χ4v) is 1.15. The van der Waals surface area contributed by atoms with E-state index in [0.29, 0.717) is 5.56 Å². The molecular formula is C10H12F2N2O2. The van der Waals surface area contributed by atoms with Gasteiger partial charge in [0.25, 0.3) is 6.43 Å². The van der Waals surface area contributed by atoms with E-state index in [1.807, 2.05) is 0 Å². The van der Waals surface area contributed by atoms with E-state index in [0.717, 1.165) is 0 Å². The van der Waals surface area contributed by atoms with Crippen LogP contribution in [0.1, 0.15) is 35.1 Å². The Morgan fingerprint density at radius 3 is 2.75 bits per heavy atom. The number of halogens is 2. The first-order valence-electron chi connectivity index (χ1n) is 4.74. The molecule has 1 heterocycles. The summed E-state index contributed by atoms with van der Waals surface area (Å²) in [4.78, 5) is 14.8. The van der Waals surface area contributed by atoms with E-state index in [2.05, 4.69) is 9.72 Å². The summed E-state index contributed by atoms with van der Waals surface area (Å²) < 4.78 is 29.6. The zero-order chi connectivity index (χ0) is 12.1. The number of rotatable bonds is 4. The Labute approximate surface area is 91.4 Å². The molecule has 2 N–H and O–H groups in total. The van der Waals surface area contributed by atoms with Crippen molar-refractivity contribution in [3.63, 3.8) is 0 Å². The molecule has 0 aliphatic carbocycles. The molecule has 1 rings (SSSR count). The maximum atomic E-state index is 12.5. The van der Waals surface area contributed by atoms with Crippen molar-refractivity contribution in [2.45, 2.75) is 19.9 Å². The van der Waals surface area contributed by atoms with Gasteiger partial charge in [0.05, 0.1) is 6.61 Å². The lowest BCUT2D eigenvalue weighted by atomic mass is 10.2. The third kappa shape index (κ3) is 2.96. The summed E-state index contributed by atoms with van der Waals surface area (Å²) in [6, 6.07) is 2.53. The minimum absolute atomic E-state index is 0.0641. The van der Waals surface area contributed by atoms with Crippen molar-refractivity contribution in [2.75, 3.05) is 6.61 Å². The molecule has 4 nitrogen and oxygen atoms in total. The molecule has 0 saturated heterocycles. The van der Waals surface area contributed by atoms with Crippen molar-refractivity contribution in [1.82, 2.24) is 4.98 Å². The van der Waals surface area contributed by atoms with Crippen LogP contribution < -0.4 is 5.73 Å². The van der Waals surface area contributed by atoms with Crippen molar-refractivity contribution < 1.29 is 18.3 Å². The quantitative estimate of drug-likeness (QED) is 0.799. The summed E-state index contributed by atoms with van der Waals surface area (Å²) in [6.07, 6.45) is -2.74. The molecule has 0 spiro atoms. The maximum absolute atomic E-state index is 12.5. The Morgan fingerprint density at radius 2 is 2.25 bits per heavy atom. The smallest absolute Gasteiger partial charge is 0.356 e. The average molecular weight is 230 g/mol. The maximum Gasteiger partial charge on any atom is 0.356 e. The van der Waals surface area contributed by atoms with E-state index in [1.54, 1.807) is 6.92 Å². The van der Waals surface area contributed by atoms with E-state index < -0.39 is 18.1 Å². The van der Waals surface area contributed by atoms with Crippen LogP contribution >= 0.6 is 0 Å². The van der Waals surface area contributed by atoms with E-state index in [9.17, 15) is 13.6 Å². The molecule has 0 aromatic carbocycles. The monoisotopic (exact) mass is 230 g/mol. The Balaban J connectivity index is 3.08. The van der Waals surface area contributed by atoms with Crippen LogP contribution in [-0.4, -0.2) is 17.6 Å². The molecule has 0 aliphatic rings. The lowest BCUT2D eigenvalue weighted by Gasteiger charge is -2.06. The molecule has 0 fully saturated rings. The summed E-state index contributed by atoms with van der Waals surface area (Å²) in [7, 11) is 0. The van der Waals surface area contributed by atoms with Gasteiger partial charge in [-0.2, -0.15) is 0 Å². The van der Waals surface area contributed by atoms with Crippen molar-refractivity contribution >= 4 is 5.97 Å². The second-order valence-corrected chi connectivity index (χ2v) is 3.01. The van der Waals surface area contributed by atoms with Crippen molar-refractivity contribution in [2.24, 2.45) is 5.73 Å². The fraction of sp³-hybridized carbons (Fsp3) is 0.400. The zero-order valence-electron chi connectivity index (χ0n) is 8.74. The summed E-state index contributed by atoms with van der Waals surface area (Å²) in [5.41, 5.74) is 5.16. The van der Waals surface area contributed by atoms with Crippen LogP contribution in [0.5, 0.6) is 0 Å². The molecule has 16 heavy (non-hydrogen) atoms. The third-order valence-electron chi connectivity index (χ3n) is 1.85. The predicted molar refractivity (Wildman–Crippen MR) is 53.0 cm³/mol. The topological polar surface area (TPSA) is 65.2 Å². The van der Waals surface area contributed by atoms with Crippen LogP contribution in [0.2, 0.25) is 0 Å². The molecule has 0 radical (unpaired) electrons. The SMILES string of the molecule is CCOC(=O)c1cc(CN)cc(C(F)F)n1. The first-order valence-corrected chi connectivity index (χ1v) is 4.74. The van der Waals surface area contributed by atoms with Crippen molar-refractivity contribution in [3.05, 3.63) is 29.1 Å². The highest BCUT2D eigenvalue weighted by molar-refractivity contribution is 5.87. The van der Waals surface area contributed by atoms with E-state index in [4.69, 9.17) is 5.73 Å². The van der Waals surface area contributed by atoms with Crippen molar-refractivity contribution in [1.29, 1.82) is 0 Å². The van der Waals surface area contributed by atoms with Gasteiger partial charge in [-0.25, -0.2) is 18.6 Å². The van der Waals surface area contributed by atoms with Crippen LogP contribution in [0.3, 0.4) is 0 Å². The van der Waals surface area contributed by atoms with Gasteiger partial charge in [0.15, 0.2) is 0 Å². The first-order chi connectivity index (χ1) is 7.58. The summed E-state index contributed by atoms with van der Waals surface area (Å²) in [6.45, 7) is 1.85. The molecule has 0 bridgehead atoms. The minimum atomic E-state index is -2.74. The van der Waals surface area contributed by atoms with Gasteiger partial charge in [-0.05, 0) is 24.6 Å². The molecule has 0 saturated carbocycles. The van der Waals surface area contributed by atoms with Crippen LogP contribution in [0.25, 0.3) is 0 Å². The fourth-order valence-electron chi connectivity index (χ4n) is 1.15. The van der Waals surface area contributed by atoms with Crippen LogP contribution in [-0.2, 0) is 11.3 Å². The molecule has 0 aliphatic heterocycles. The van der Waals surface area contributed by atoms with Gasteiger partial charge >= 0.3 is 5.97 Å². The summed E-state index contributed by atoms with van der Waals surface area (Å²) >= 11 is 0. The normalized spacial score (nSPS) is 10.6. The van der Waals surface area contributed by atoms with E-state index in [-0.39, 0.29) is 18.8 Å². The van der Waals surface area contributed by atoms with Crippen LogP contribution in [0.4, 0.5) is 8.78 Å². The van der Waals surface area contributed by atoms with E-state index in [1.165, 1.54) is 12.1 Å². The van der Waals surface area contributed by atoms with Gasteiger partial charge in [0.2, 0.25) is 0 Å². The highest BCUT2D eigenvalue weighted by Gasteiger charge is 2.15. The number of hydrogen-bond acceptors (Lipinski definition) is 4. The molecule has 6 heteroatoms. The molecular weight excluding hydrogens is 218 g/mol. The number of alkyl halides is 2. The Kier molecular flexibility index (Phi) is 4.30. The number of esters is 1. The molecule has 1 aromatic heterocycles. The largest absolute Gasteiger partial charge is 0.461 e. The number of carbonyl (C=O) groups is 1. The lowest BCUT2D eigenvalue weighted by Crippen LogP contribution is -2.11. The number of nitrogens with zero attached hydrogens (tertiary/aromatic N) is 1. The highest BCUT2D eigenvalue weighted by Crippen LogP contribution is 2.18. The van der Waals surface area contributed by atoms with Crippen molar-refractivity contribution in [3.8, 4) is 0 Å². The van der Waals surface area contributed by atoms with E-state index >= 15 is 0 Å². The number of nitrogens with two attached hydrogens (primary N) is 1. The standard InChI is InChI=1S/C10H12F2N2O2/c1-2-16-10(15)8-4-6(5-13)3-7(14-8)9(11)12/h3-4,9H,2,5,13H2,1H3. The summed E-state index contributed by atoms with van der Waals surface area (Å²) in [5.74, 6) is -0.723. The molecule has 0 atom stereocenters. The van der Waals surface area contributed by atoms with Gasteiger partial charge in [-0.15, -0.1) is 0 Å². The van der Waals surface area contributed by atoms with Gasteiger partial charge in [-0.1, -0.05) is 0 Å². The lowest BCUT2D eigenvalue weighted by molar-refractivity contribution is 0.0517. The van der Waals surface area contributed by atoms with Gasteiger partial charge < -0.3 is 10.5 Å². The second kappa shape index (κ2) is 5.50. The minimum Gasteiger partial charge on any atom is -0.461 e. The number of hydrogen-bond donors (Lipinski definition) is 1. The molecule has 88 valence electrons. The average Bonchev–Trinajstić information content (AvgIpc) is 2.28.